The first-order chi connectivity index (χ1) is 9.20. The Bertz CT molecular complexity index is 418. The number of thioether (sulfide) groups is 1. The summed E-state index contributed by atoms with van der Waals surface area (Å²) in [7, 11) is 1.89. The van der Waals surface area contributed by atoms with Crippen LogP contribution in [0.5, 0.6) is 0 Å². The van der Waals surface area contributed by atoms with Crippen molar-refractivity contribution in [2.45, 2.75) is 49.9 Å². The van der Waals surface area contributed by atoms with Crippen LogP contribution in [0.25, 0.3) is 0 Å². The first-order valence-electron chi connectivity index (χ1n) is 6.61. The van der Waals surface area contributed by atoms with Crippen LogP contribution in [0.2, 0.25) is 0 Å². The van der Waals surface area contributed by atoms with Gasteiger partial charge in [-0.1, -0.05) is 31.0 Å². The molecule has 0 atom stereocenters. The highest BCUT2D eigenvalue weighted by Crippen LogP contribution is 2.23. The smallest absolute Gasteiger partial charge is 0.277 e. The second-order valence-electron chi connectivity index (χ2n) is 4.75. The van der Waals surface area contributed by atoms with Gasteiger partial charge in [-0.2, -0.15) is 0 Å². The quantitative estimate of drug-likeness (QED) is 0.823. The van der Waals surface area contributed by atoms with Gasteiger partial charge in [0.2, 0.25) is 11.8 Å². The SMILES string of the molecule is CN(C(=O)CSc1nnc(CN)o1)C1CCCCC1. The maximum atomic E-state index is 12.1. The van der Waals surface area contributed by atoms with Crippen molar-refractivity contribution >= 4 is 17.7 Å². The van der Waals surface area contributed by atoms with Gasteiger partial charge in [-0.15, -0.1) is 10.2 Å². The lowest BCUT2D eigenvalue weighted by Crippen LogP contribution is -2.39. The molecule has 1 fully saturated rings. The van der Waals surface area contributed by atoms with Crippen molar-refractivity contribution in [1.29, 1.82) is 0 Å². The summed E-state index contributed by atoms with van der Waals surface area (Å²) in [6.07, 6.45) is 5.96. The molecule has 0 aliphatic heterocycles. The molecule has 106 valence electrons. The zero-order valence-electron chi connectivity index (χ0n) is 11.2. The van der Waals surface area contributed by atoms with Crippen LogP contribution in [0, 0.1) is 0 Å². The van der Waals surface area contributed by atoms with E-state index in [1.807, 2.05) is 11.9 Å². The van der Waals surface area contributed by atoms with Crippen molar-refractivity contribution in [1.82, 2.24) is 15.1 Å². The van der Waals surface area contributed by atoms with E-state index in [-0.39, 0.29) is 12.5 Å². The van der Waals surface area contributed by atoms with Gasteiger partial charge in [0.05, 0.1) is 12.3 Å². The number of carbonyl (C=O) groups excluding carboxylic acids is 1. The van der Waals surface area contributed by atoms with Crippen LogP contribution in [0.3, 0.4) is 0 Å². The monoisotopic (exact) mass is 284 g/mol. The molecule has 1 aliphatic rings. The number of hydrogen-bond acceptors (Lipinski definition) is 6. The Morgan fingerprint density at radius 3 is 2.79 bits per heavy atom. The van der Waals surface area contributed by atoms with E-state index in [9.17, 15) is 4.79 Å². The van der Waals surface area contributed by atoms with E-state index in [4.69, 9.17) is 10.2 Å². The van der Waals surface area contributed by atoms with Gasteiger partial charge in [-0.25, -0.2) is 0 Å². The molecule has 1 heterocycles. The van der Waals surface area contributed by atoms with E-state index >= 15 is 0 Å². The van der Waals surface area contributed by atoms with Gasteiger partial charge in [0, 0.05) is 13.1 Å². The summed E-state index contributed by atoms with van der Waals surface area (Å²) in [6, 6.07) is 0.393. The lowest BCUT2D eigenvalue weighted by Gasteiger charge is -2.31. The third-order valence-corrected chi connectivity index (χ3v) is 4.26. The van der Waals surface area contributed by atoms with E-state index in [0.29, 0.717) is 22.9 Å². The van der Waals surface area contributed by atoms with Gasteiger partial charge < -0.3 is 15.1 Å². The zero-order valence-corrected chi connectivity index (χ0v) is 12.0. The first kappa shape index (κ1) is 14.3. The molecule has 2 N–H and O–H groups in total. The van der Waals surface area contributed by atoms with Gasteiger partial charge in [0.1, 0.15) is 0 Å². The predicted octanol–water partition coefficient (Wildman–Crippen LogP) is 1.41. The van der Waals surface area contributed by atoms with Crippen LogP contribution in [0.4, 0.5) is 0 Å². The average Bonchev–Trinajstić information content (AvgIpc) is 2.93. The fourth-order valence-electron chi connectivity index (χ4n) is 2.28. The number of amides is 1. The van der Waals surface area contributed by atoms with Crippen molar-refractivity contribution in [3.05, 3.63) is 5.89 Å². The lowest BCUT2D eigenvalue weighted by molar-refractivity contribution is -0.129. The van der Waals surface area contributed by atoms with Crippen LogP contribution < -0.4 is 5.73 Å². The molecular weight excluding hydrogens is 264 g/mol. The molecular formula is C12H20N4O2S. The van der Waals surface area contributed by atoms with Crippen molar-refractivity contribution in [2.75, 3.05) is 12.8 Å². The molecule has 0 radical (unpaired) electrons. The maximum Gasteiger partial charge on any atom is 0.277 e. The Balaban J connectivity index is 1.79. The summed E-state index contributed by atoms with van der Waals surface area (Å²) in [5.41, 5.74) is 5.38. The van der Waals surface area contributed by atoms with E-state index in [1.165, 1.54) is 31.0 Å². The molecule has 0 bridgehead atoms. The first-order valence-corrected chi connectivity index (χ1v) is 7.60. The fraction of sp³-hybridized carbons (Fsp3) is 0.750. The second kappa shape index (κ2) is 6.91. The molecule has 0 aromatic carbocycles. The van der Waals surface area contributed by atoms with Crippen LogP contribution in [0.1, 0.15) is 38.0 Å². The number of nitrogens with zero attached hydrogens (tertiary/aromatic N) is 3. The normalized spacial score (nSPS) is 16.5. The summed E-state index contributed by atoms with van der Waals surface area (Å²) in [5.74, 6) is 0.846. The number of rotatable bonds is 5. The third kappa shape index (κ3) is 3.94. The highest BCUT2D eigenvalue weighted by atomic mass is 32.2. The van der Waals surface area contributed by atoms with Gasteiger partial charge in [-0.05, 0) is 12.8 Å². The van der Waals surface area contributed by atoms with E-state index in [0.717, 1.165) is 12.8 Å². The van der Waals surface area contributed by atoms with Gasteiger partial charge in [0.25, 0.3) is 5.22 Å². The standard InChI is InChI=1S/C12H20N4O2S/c1-16(9-5-3-2-4-6-9)11(17)8-19-12-15-14-10(7-13)18-12/h9H,2-8,13H2,1H3. The molecule has 1 aromatic heterocycles. The van der Waals surface area contributed by atoms with Gasteiger partial charge in [0.15, 0.2) is 0 Å². The minimum atomic E-state index is 0.115. The second-order valence-corrected chi connectivity index (χ2v) is 5.68. The fourth-order valence-corrected chi connectivity index (χ4v) is 2.98. The van der Waals surface area contributed by atoms with Crippen LogP contribution >= 0.6 is 11.8 Å². The van der Waals surface area contributed by atoms with Gasteiger partial charge >= 0.3 is 0 Å². The molecule has 1 saturated carbocycles. The number of nitrogens with two attached hydrogens (primary N) is 1. The minimum absolute atomic E-state index is 0.115. The molecule has 1 aliphatic carbocycles. The van der Waals surface area contributed by atoms with E-state index < -0.39 is 0 Å². The Labute approximate surface area is 117 Å². The summed E-state index contributed by atoms with van der Waals surface area (Å²) in [5, 5.41) is 7.99. The largest absolute Gasteiger partial charge is 0.415 e. The lowest BCUT2D eigenvalue weighted by atomic mass is 9.94. The molecule has 0 unspecified atom stereocenters. The molecule has 1 aromatic rings. The van der Waals surface area contributed by atoms with Crippen molar-refractivity contribution in [3.63, 3.8) is 0 Å². The van der Waals surface area contributed by atoms with Crippen molar-refractivity contribution in [2.24, 2.45) is 5.73 Å². The number of carbonyl (C=O) groups is 1. The maximum absolute atomic E-state index is 12.1. The Kier molecular flexibility index (Phi) is 5.21. The third-order valence-electron chi connectivity index (χ3n) is 3.46. The topological polar surface area (TPSA) is 85.2 Å². The highest BCUT2D eigenvalue weighted by Gasteiger charge is 2.22. The molecule has 6 nitrogen and oxygen atoms in total. The molecule has 7 heteroatoms. The summed E-state index contributed by atoms with van der Waals surface area (Å²) in [4.78, 5) is 13.9. The van der Waals surface area contributed by atoms with Crippen LogP contribution in [-0.2, 0) is 11.3 Å². The summed E-state index contributed by atoms with van der Waals surface area (Å²) >= 11 is 1.27. The molecule has 1 amide bonds. The Morgan fingerprint density at radius 1 is 1.42 bits per heavy atom. The Hall–Kier alpha value is -1.08. The number of aromatic nitrogens is 2. The zero-order chi connectivity index (χ0) is 13.7. The summed E-state index contributed by atoms with van der Waals surface area (Å²) in [6.45, 7) is 0.226. The molecule has 0 saturated heterocycles. The summed E-state index contributed by atoms with van der Waals surface area (Å²) < 4.78 is 5.25. The van der Waals surface area contributed by atoms with Crippen molar-refractivity contribution < 1.29 is 9.21 Å². The molecule has 0 spiro atoms. The van der Waals surface area contributed by atoms with Crippen LogP contribution in [-0.4, -0.2) is 39.8 Å². The average molecular weight is 284 g/mol. The van der Waals surface area contributed by atoms with Crippen molar-refractivity contribution in [3.8, 4) is 0 Å². The minimum Gasteiger partial charge on any atom is -0.415 e. The molecule has 2 rings (SSSR count). The van der Waals surface area contributed by atoms with E-state index in [1.54, 1.807) is 0 Å². The molecule has 19 heavy (non-hydrogen) atoms. The Morgan fingerprint density at radius 2 is 2.16 bits per heavy atom. The highest BCUT2D eigenvalue weighted by molar-refractivity contribution is 7.99. The predicted molar refractivity (Wildman–Crippen MR) is 72.6 cm³/mol. The van der Waals surface area contributed by atoms with Gasteiger partial charge in [-0.3, -0.25) is 4.79 Å². The number of hydrogen-bond donors (Lipinski definition) is 1. The van der Waals surface area contributed by atoms with Crippen LogP contribution in [0.15, 0.2) is 9.64 Å². The van der Waals surface area contributed by atoms with E-state index in [2.05, 4.69) is 10.2 Å².